The average molecular weight is 537 g/mol. The van der Waals surface area contributed by atoms with Crippen LogP contribution in [0.3, 0.4) is 0 Å². The fraction of sp³-hybridized carbons (Fsp3) is 0.172. The molecule has 0 spiro atoms. The lowest BCUT2D eigenvalue weighted by molar-refractivity contribution is -0.140. The number of aromatic nitrogens is 1. The van der Waals surface area contributed by atoms with Gasteiger partial charge in [-0.05, 0) is 17.7 Å². The van der Waals surface area contributed by atoms with Crippen molar-refractivity contribution in [2.75, 3.05) is 6.61 Å². The van der Waals surface area contributed by atoms with Crippen LogP contribution < -0.4 is 14.8 Å². The lowest BCUT2D eigenvalue weighted by Gasteiger charge is -2.18. The van der Waals surface area contributed by atoms with Crippen molar-refractivity contribution in [1.82, 2.24) is 10.3 Å². The Bertz CT molecular complexity index is 1370. The summed E-state index contributed by atoms with van der Waals surface area (Å²) in [4.78, 5) is 15.4. The van der Waals surface area contributed by atoms with E-state index in [9.17, 15) is 15.0 Å². The van der Waals surface area contributed by atoms with E-state index in [0.717, 1.165) is 11.1 Å². The molecule has 9 heteroatoms. The van der Waals surface area contributed by atoms with Crippen LogP contribution in [-0.4, -0.2) is 33.8 Å². The zero-order valence-electron chi connectivity index (χ0n) is 20.3. The maximum Gasteiger partial charge on any atom is 0.323 e. The molecule has 38 heavy (non-hydrogen) atoms. The first-order valence-corrected chi connectivity index (χ1v) is 12.2. The van der Waals surface area contributed by atoms with Crippen LogP contribution in [0.15, 0.2) is 85.2 Å². The Morgan fingerprint density at radius 3 is 2.47 bits per heavy atom. The van der Waals surface area contributed by atoms with E-state index in [-0.39, 0.29) is 36.3 Å². The standard InChI is InChI=1S/C29H26ClFN2O5/c30-24-12-22(15-33-25(16-34)29(35)36)26(37-17-19-6-5-11-32-14-19)13-27(24)38-18-21-9-4-10-23(28(21)31)20-7-2-1-3-8-20/h1-14,25,33-34H,15-18H2,(H,35,36)/t25-/m0/s1. The van der Waals surface area contributed by atoms with Crippen molar-refractivity contribution in [2.45, 2.75) is 25.8 Å². The first-order chi connectivity index (χ1) is 18.5. The molecule has 0 radical (unpaired) electrons. The number of rotatable bonds is 12. The van der Waals surface area contributed by atoms with E-state index < -0.39 is 18.6 Å². The van der Waals surface area contributed by atoms with Crippen molar-refractivity contribution in [3.63, 3.8) is 0 Å². The van der Waals surface area contributed by atoms with Crippen LogP contribution in [0.5, 0.6) is 11.5 Å². The van der Waals surface area contributed by atoms with Crippen LogP contribution in [0, 0.1) is 5.82 Å². The molecule has 7 nitrogen and oxygen atoms in total. The molecule has 0 aliphatic heterocycles. The van der Waals surface area contributed by atoms with Crippen LogP contribution in [-0.2, 0) is 24.6 Å². The number of benzene rings is 3. The molecule has 1 aromatic heterocycles. The molecule has 3 aromatic carbocycles. The maximum absolute atomic E-state index is 15.3. The molecule has 0 amide bonds. The Balaban J connectivity index is 1.56. The van der Waals surface area contributed by atoms with E-state index in [1.165, 1.54) is 0 Å². The van der Waals surface area contributed by atoms with Gasteiger partial charge in [0.25, 0.3) is 0 Å². The second-order valence-corrected chi connectivity index (χ2v) is 8.84. The number of carboxylic acid groups (broad SMARTS) is 1. The molecule has 0 bridgehead atoms. The third kappa shape index (κ3) is 6.86. The van der Waals surface area contributed by atoms with Gasteiger partial charge >= 0.3 is 5.97 Å². The number of aliphatic carboxylic acids is 1. The van der Waals surface area contributed by atoms with Crippen molar-refractivity contribution < 1.29 is 28.9 Å². The van der Waals surface area contributed by atoms with Gasteiger partial charge in [0.15, 0.2) is 0 Å². The number of pyridine rings is 1. The molecular weight excluding hydrogens is 511 g/mol. The van der Waals surface area contributed by atoms with Crippen LogP contribution in [0.2, 0.25) is 5.02 Å². The SMILES string of the molecule is O=C(O)[C@H](CO)NCc1cc(Cl)c(OCc2cccc(-c3ccccc3)c2F)cc1OCc1cccnc1. The van der Waals surface area contributed by atoms with E-state index >= 15 is 4.39 Å². The lowest BCUT2D eigenvalue weighted by atomic mass is 10.0. The van der Waals surface area contributed by atoms with Gasteiger partial charge in [-0.2, -0.15) is 0 Å². The largest absolute Gasteiger partial charge is 0.488 e. The summed E-state index contributed by atoms with van der Waals surface area (Å²) in [6, 6.07) is 20.0. The minimum absolute atomic E-state index is 0.0631. The molecule has 0 saturated carbocycles. The quantitative estimate of drug-likeness (QED) is 0.228. The van der Waals surface area contributed by atoms with Crippen molar-refractivity contribution in [3.05, 3.63) is 113 Å². The molecule has 4 rings (SSSR count). The maximum atomic E-state index is 15.3. The van der Waals surface area contributed by atoms with Gasteiger partial charge in [0.05, 0.1) is 11.6 Å². The Kier molecular flexibility index (Phi) is 9.26. The number of aliphatic hydroxyl groups excluding tert-OH is 1. The fourth-order valence-electron chi connectivity index (χ4n) is 3.75. The number of carbonyl (C=O) groups is 1. The summed E-state index contributed by atoms with van der Waals surface area (Å²) >= 11 is 6.49. The summed E-state index contributed by atoms with van der Waals surface area (Å²) in [6.45, 7) is -0.396. The van der Waals surface area contributed by atoms with Gasteiger partial charge in [0.2, 0.25) is 0 Å². The fourth-order valence-corrected chi connectivity index (χ4v) is 4.00. The molecular formula is C29H26ClFN2O5. The van der Waals surface area contributed by atoms with Gasteiger partial charge in [-0.3, -0.25) is 15.1 Å². The Hall–Kier alpha value is -3.98. The molecule has 0 aliphatic carbocycles. The van der Waals surface area contributed by atoms with E-state index in [1.54, 1.807) is 48.8 Å². The van der Waals surface area contributed by atoms with Crippen molar-refractivity contribution in [1.29, 1.82) is 0 Å². The van der Waals surface area contributed by atoms with Crippen LogP contribution in [0.1, 0.15) is 16.7 Å². The molecule has 1 atom stereocenters. The number of ether oxygens (including phenoxy) is 2. The summed E-state index contributed by atoms with van der Waals surface area (Å²) in [5.41, 5.74) is 2.97. The van der Waals surface area contributed by atoms with E-state index in [2.05, 4.69) is 10.3 Å². The highest BCUT2D eigenvalue weighted by Crippen LogP contribution is 2.34. The van der Waals surface area contributed by atoms with Crippen molar-refractivity contribution >= 4 is 17.6 Å². The number of aliphatic hydroxyl groups is 1. The van der Waals surface area contributed by atoms with Gasteiger partial charge in [-0.15, -0.1) is 0 Å². The monoisotopic (exact) mass is 536 g/mol. The van der Waals surface area contributed by atoms with E-state index in [4.69, 9.17) is 21.1 Å². The third-order valence-corrected chi connectivity index (χ3v) is 6.09. The van der Waals surface area contributed by atoms with Gasteiger partial charge < -0.3 is 19.7 Å². The Morgan fingerprint density at radius 1 is 0.974 bits per heavy atom. The molecule has 4 aromatic rings. The number of hydrogen-bond donors (Lipinski definition) is 3. The number of nitrogens with zero attached hydrogens (tertiary/aromatic N) is 1. The second-order valence-electron chi connectivity index (χ2n) is 8.43. The Labute approximate surface area is 224 Å². The molecule has 3 N–H and O–H groups in total. The van der Waals surface area contributed by atoms with E-state index in [0.29, 0.717) is 22.4 Å². The molecule has 0 saturated heterocycles. The lowest BCUT2D eigenvalue weighted by Crippen LogP contribution is -2.39. The molecule has 196 valence electrons. The highest BCUT2D eigenvalue weighted by molar-refractivity contribution is 6.32. The average Bonchev–Trinajstić information content (AvgIpc) is 2.93. The normalized spacial score (nSPS) is 11.7. The number of hydrogen-bond acceptors (Lipinski definition) is 6. The summed E-state index contributed by atoms with van der Waals surface area (Å²) in [6.07, 6.45) is 3.32. The minimum Gasteiger partial charge on any atom is -0.488 e. The predicted octanol–water partition coefficient (Wildman–Crippen LogP) is 5.23. The van der Waals surface area contributed by atoms with Crippen molar-refractivity contribution in [3.8, 4) is 22.6 Å². The van der Waals surface area contributed by atoms with Gasteiger partial charge in [0.1, 0.15) is 36.6 Å². The van der Waals surface area contributed by atoms with Gasteiger partial charge in [-0.1, -0.05) is 66.2 Å². The predicted molar refractivity (Wildman–Crippen MR) is 142 cm³/mol. The highest BCUT2D eigenvalue weighted by atomic mass is 35.5. The highest BCUT2D eigenvalue weighted by Gasteiger charge is 2.18. The van der Waals surface area contributed by atoms with Crippen LogP contribution in [0.4, 0.5) is 4.39 Å². The van der Waals surface area contributed by atoms with Crippen LogP contribution >= 0.6 is 11.6 Å². The first-order valence-electron chi connectivity index (χ1n) is 11.8. The summed E-state index contributed by atoms with van der Waals surface area (Å²) in [5, 5.41) is 21.6. The number of nitrogens with one attached hydrogen (secondary N) is 1. The molecule has 0 aliphatic rings. The third-order valence-electron chi connectivity index (χ3n) is 5.80. The molecule has 0 fully saturated rings. The number of halogens is 2. The summed E-state index contributed by atoms with van der Waals surface area (Å²) in [7, 11) is 0. The van der Waals surface area contributed by atoms with Gasteiger partial charge in [0, 0.05) is 47.3 Å². The van der Waals surface area contributed by atoms with E-state index in [1.807, 2.05) is 36.4 Å². The van der Waals surface area contributed by atoms with Crippen LogP contribution in [0.25, 0.3) is 11.1 Å². The van der Waals surface area contributed by atoms with Gasteiger partial charge in [-0.25, -0.2) is 4.39 Å². The molecule has 0 unspecified atom stereocenters. The Morgan fingerprint density at radius 2 is 1.76 bits per heavy atom. The topological polar surface area (TPSA) is 101 Å². The zero-order chi connectivity index (χ0) is 26.9. The second kappa shape index (κ2) is 13.0. The summed E-state index contributed by atoms with van der Waals surface area (Å²) in [5.74, 6) is -0.900. The zero-order valence-corrected chi connectivity index (χ0v) is 21.1. The first kappa shape index (κ1) is 27.1. The minimum atomic E-state index is -1.18. The number of carboxylic acids is 1. The smallest absolute Gasteiger partial charge is 0.323 e. The molecule has 1 heterocycles. The van der Waals surface area contributed by atoms with Crippen molar-refractivity contribution in [2.24, 2.45) is 0 Å². The summed E-state index contributed by atoms with van der Waals surface area (Å²) < 4.78 is 27.2.